The second kappa shape index (κ2) is 10.7. The van der Waals surface area contributed by atoms with E-state index in [0.717, 1.165) is 27.4 Å². The van der Waals surface area contributed by atoms with Crippen molar-refractivity contribution in [1.29, 1.82) is 5.26 Å². The predicted molar refractivity (Wildman–Crippen MR) is 130 cm³/mol. The Balaban J connectivity index is 1.88. The third kappa shape index (κ3) is 5.64. The van der Waals surface area contributed by atoms with Crippen molar-refractivity contribution < 1.29 is 19.1 Å². The molecule has 0 aliphatic carbocycles. The Bertz CT molecular complexity index is 1170. The summed E-state index contributed by atoms with van der Waals surface area (Å²) in [5, 5.41) is 15.6. The number of methoxy groups -OCH3 is 1. The number of aryl methyl sites for hydroxylation is 2. The molecule has 0 spiro atoms. The number of esters is 1. The normalized spacial score (nSPS) is 17.7. The Hall–Kier alpha value is -3.09. The minimum atomic E-state index is -1.20. The number of halogens is 1. The number of hydrogen-bond acceptors (Lipinski definition) is 6. The zero-order valence-electron chi connectivity index (χ0n) is 18.3. The van der Waals surface area contributed by atoms with E-state index in [9.17, 15) is 19.6 Å². The molecule has 9 heteroatoms. The molecule has 2 atom stereocenters. The predicted octanol–water partition coefficient (Wildman–Crippen LogP) is 4.18. The number of thioether (sulfide) groups is 1. The summed E-state index contributed by atoms with van der Waals surface area (Å²) in [5.74, 6) is -3.65. The van der Waals surface area contributed by atoms with Crippen molar-refractivity contribution in [1.82, 2.24) is 5.32 Å². The molecule has 2 amide bonds. The number of ether oxygens (including phenoxy) is 1. The monoisotopic (exact) mass is 527 g/mol. The van der Waals surface area contributed by atoms with Gasteiger partial charge in [-0.3, -0.25) is 14.4 Å². The summed E-state index contributed by atoms with van der Waals surface area (Å²) in [7, 11) is 1.20. The summed E-state index contributed by atoms with van der Waals surface area (Å²) in [4.78, 5) is 37.8. The fraction of sp³-hybridized carbons (Fsp3) is 0.250. The smallest absolute Gasteiger partial charge is 0.319 e. The molecule has 0 saturated carbocycles. The second-order valence-corrected chi connectivity index (χ2v) is 9.39. The fourth-order valence-electron chi connectivity index (χ4n) is 3.50. The van der Waals surface area contributed by atoms with Gasteiger partial charge >= 0.3 is 5.97 Å². The van der Waals surface area contributed by atoms with Crippen LogP contribution in [-0.4, -0.2) is 30.6 Å². The lowest BCUT2D eigenvalue weighted by molar-refractivity contribution is -0.150. The first-order valence-corrected chi connectivity index (χ1v) is 11.8. The van der Waals surface area contributed by atoms with Gasteiger partial charge in [0.1, 0.15) is 5.92 Å². The maximum absolute atomic E-state index is 12.9. The minimum absolute atomic E-state index is 0.0371. The highest BCUT2D eigenvalue weighted by molar-refractivity contribution is 9.10. The summed E-state index contributed by atoms with van der Waals surface area (Å²) >= 11 is 4.46. The molecule has 33 heavy (non-hydrogen) atoms. The second-order valence-electron chi connectivity index (χ2n) is 7.55. The maximum atomic E-state index is 12.9. The van der Waals surface area contributed by atoms with E-state index >= 15 is 0 Å². The zero-order chi connectivity index (χ0) is 24.1. The van der Waals surface area contributed by atoms with Gasteiger partial charge in [0.15, 0.2) is 0 Å². The quantitative estimate of drug-likeness (QED) is 0.431. The van der Waals surface area contributed by atoms with Crippen molar-refractivity contribution in [2.75, 3.05) is 18.2 Å². The number of allylic oxidation sites excluding steroid dienone is 1. The lowest BCUT2D eigenvalue weighted by atomic mass is 9.78. The molecule has 0 bridgehead atoms. The van der Waals surface area contributed by atoms with Crippen molar-refractivity contribution in [3.8, 4) is 6.07 Å². The molecule has 0 unspecified atom stereocenters. The first-order valence-electron chi connectivity index (χ1n) is 10.0. The number of nitriles is 1. The Morgan fingerprint density at radius 1 is 1.18 bits per heavy atom. The van der Waals surface area contributed by atoms with Gasteiger partial charge in [-0.25, -0.2) is 0 Å². The maximum Gasteiger partial charge on any atom is 0.319 e. The number of hydrogen-bond donors (Lipinski definition) is 2. The third-order valence-electron chi connectivity index (χ3n) is 5.17. The Labute approximate surface area is 204 Å². The molecular formula is C24H22BrN3O4S. The fourth-order valence-corrected chi connectivity index (χ4v) is 4.94. The van der Waals surface area contributed by atoms with Crippen LogP contribution in [-0.2, 0) is 19.1 Å². The van der Waals surface area contributed by atoms with E-state index in [1.165, 1.54) is 7.11 Å². The highest BCUT2D eigenvalue weighted by Crippen LogP contribution is 2.40. The number of rotatable bonds is 6. The van der Waals surface area contributed by atoms with E-state index in [-0.39, 0.29) is 22.3 Å². The number of nitrogens with one attached hydrogen (secondary N) is 2. The van der Waals surface area contributed by atoms with Crippen LogP contribution in [0.25, 0.3) is 0 Å². The molecular weight excluding hydrogens is 506 g/mol. The molecule has 1 aliphatic rings. The van der Waals surface area contributed by atoms with Crippen LogP contribution in [0, 0.1) is 31.1 Å². The van der Waals surface area contributed by atoms with Crippen molar-refractivity contribution >= 4 is 51.2 Å². The van der Waals surface area contributed by atoms with Crippen LogP contribution in [0.15, 0.2) is 57.5 Å². The van der Waals surface area contributed by atoms with E-state index in [4.69, 9.17) is 4.74 Å². The number of nitrogens with zero attached hydrogens (tertiary/aromatic N) is 1. The SMILES string of the molecule is COC(=O)[C@H]1C(=O)NC(SCC(=O)Nc2ccc(C)cc2Br)=C(C#N)[C@@H]1c1ccc(C)cc1. The Morgan fingerprint density at radius 2 is 1.85 bits per heavy atom. The van der Waals surface area contributed by atoms with Crippen LogP contribution in [0.4, 0.5) is 5.69 Å². The van der Waals surface area contributed by atoms with Crippen LogP contribution in [0.5, 0.6) is 0 Å². The Morgan fingerprint density at radius 3 is 2.45 bits per heavy atom. The van der Waals surface area contributed by atoms with Gasteiger partial charge < -0.3 is 15.4 Å². The zero-order valence-corrected chi connectivity index (χ0v) is 20.7. The van der Waals surface area contributed by atoms with Crippen molar-refractivity contribution in [3.05, 3.63) is 74.2 Å². The first-order chi connectivity index (χ1) is 15.7. The van der Waals surface area contributed by atoms with Gasteiger partial charge in [-0.2, -0.15) is 5.26 Å². The molecule has 0 aromatic heterocycles. The van der Waals surface area contributed by atoms with Crippen molar-refractivity contribution in [3.63, 3.8) is 0 Å². The van der Waals surface area contributed by atoms with Crippen molar-refractivity contribution in [2.24, 2.45) is 5.92 Å². The molecule has 170 valence electrons. The third-order valence-corrected chi connectivity index (χ3v) is 6.84. The van der Waals surface area contributed by atoms with Gasteiger partial charge in [0, 0.05) is 10.4 Å². The van der Waals surface area contributed by atoms with Crippen LogP contribution in [0.2, 0.25) is 0 Å². The van der Waals surface area contributed by atoms with Crippen LogP contribution in [0.1, 0.15) is 22.6 Å². The highest BCUT2D eigenvalue weighted by atomic mass is 79.9. The van der Waals surface area contributed by atoms with Gasteiger partial charge in [0.25, 0.3) is 0 Å². The molecule has 0 fully saturated rings. The van der Waals surface area contributed by atoms with Gasteiger partial charge in [0.05, 0.1) is 35.2 Å². The van der Waals surface area contributed by atoms with Crippen molar-refractivity contribution in [2.45, 2.75) is 19.8 Å². The van der Waals surface area contributed by atoms with Gasteiger partial charge in [-0.05, 0) is 53.0 Å². The molecule has 0 radical (unpaired) electrons. The molecule has 7 nitrogen and oxygen atoms in total. The molecule has 0 saturated heterocycles. The van der Waals surface area contributed by atoms with Gasteiger partial charge in [0.2, 0.25) is 11.8 Å². The summed E-state index contributed by atoms with van der Waals surface area (Å²) in [6.45, 7) is 3.86. The van der Waals surface area contributed by atoms with E-state index in [1.807, 2.05) is 38.1 Å². The Kier molecular flexibility index (Phi) is 7.95. The lowest BCUT2D eigenvalue weighted by Gasteiger charge is -2.31. The largest absolute Gasteiger partial charge is 0.468 e. The van der Waals surface area contributed by atoms with Gasteiger partial charge in [-0.1, -0.05) is 47.7 Å². The number of carbonyl (C=O) groups is 3. The molecule has 1 aliphatic heterocycles. The van der Waals surface area contributed by atoms with E-state index in [1.54, 1.807) is 18.2 Å². The number of amides is 2. The van der Waals surface area contributed by atoms with E-state index in [0.29, 0.717) is 11.3 Å². The minimum Gasteiger partial charge on any atom is -0.468 e. The average Bonchev–Trinajstić information content (AvgIpc) is 2.79. The lowest BCUT2D eigenvalue weighted by Crippen LogP contribution is -2.44. The first kappa shape index (κ1) is 24.6. The molecule has 2 aromatic rings. The van der Waals surface area contributed by atoms with Crippen LogP contribution < -0.4 is 10.6 Å². The highest BCUT2D eigenvalue weighted by Gasteiger charge is 2.44. The summed E-state index contributed by atoms with van der Waals surface area (Å²) < 4.78 is 5.59. The van der Waals surface area contributed by atoms with Crippen LogP contribution in [0.3, 0.4) is 0 Å². The number of benzene rings is 2. The summed E-state index contributed by atoms with van der Waals surface area (Å²) in [6.07, 6.45) is 0. The standard InChI is InChI=1S/C24H22BrN3O4S/c1-13-4-7-15(8-5-13)20-16(11-26)23(28-22(30)21(20)24(31)32-3)33-12-19(29)27-18-9-6-14(2)10-17(18)25/h4-10,20-21H,12H2,1-3H3,(H,27,29)(H,28,30)/t20-,21+/m0/s1. The van der Waals surface area contributed by atoms with E-state index < -0.39 is 23.7 Å². The van der Waals surface area contributed by atoms with E-state index in [2.05, 4.69) is 32.6 Å². The molecule has 2 aromatic carbocycles. The van der Waals surface area contributed by atoms with Gasteiger partial charge in [-0.15, -0.1) is 0 Å². The molecule has 1 heterocycles. The summed E-state index contributed by atoms with van der Waals surface area (Å²) in [6, 6.07) is 15.0. The molecule has 3 rings (SSSR count). The number of anilines is 1. The van der Waals surface area contributed by atoms with Crippen LogP contribution >= 0.6 is 27.7 Å². The summed E-state index contributed by atoms with van der Waals surface area (Å²) in [5.41, 5.74) is 3.53. The average molecular weight is 528 g/mol. The number of carbonyl (C=O) groups excluding carboxylic acids is 3. The topological polar surface area (TPSA) is 108 Å². The molecule has 2 N–H and O–H groups in total.